The second kappa shape index (κ2) is 20.9. The van der Waals surface area contributed by atoms with Gasteiger partial charge in [0.25, 0.3) is 15.4 Å². The van der Waals surface area contributed by atoms with Crippen molar-refractivity contribution in [1.29, 1.82) is 0 Å². The fraction of sp³-hybridized carbons (Fsp3) is 1.00. The zero-order chi connectivity index (χ0) is 24.1. The van der Waals surface area contributed by atoms with Crippen molar-refractivity contribution in [3.05, 3.63) is 0 Å². The molecule has 0 unspecified atom stereocenters. The van der Waals surface area contributed by atoms with Gasteiger partial charge in [0.05, 0.1) is 33.0 Å². The zero-order valence-corrected chi connectivity index (χ0v) is 24.2. The van der Waals surface area contributed by atoms with Crippen LogP contribution in [0.25, 0.3) is 0 Å². The molecular formula is C24H55NO5P2+2. The molecule has 0 heterocycles. The number of ether oxygens (including phenoxy) is 1. The molecule has 0 atom stereocenters. The van der Waals surface area contributed by atoms with E-state index in [4.69, 9.17) is 22.8 Å². The normalized spacial score (nSPS) is 12.8. The van der Waals surface area contributed by atoms with Gasteiger partial charge in [-0.3, -0.25) is 4.90 Å². The highest BCUT2D eigenvalue weighted by molar-refractivity contribution is 7.66. The maximum atomic E-state index is 6.37. The van der Waals surface area contributed by atoms with E-state index < -0.39 is 15.4 Å². The van der Waals surface area contributed by atoms with Crippen LogP contribution in [0, 0.1) is 0 Å². The standard InChI is InChI=1S/C24H55NO5P2/c1-8-18-27-31(13-6,28-19-9-2)23-16-25(15-22-26-12-5)17-24-32(14-7,29-20-10-3)30-21-11-4/h8-24H2,1-7H3/q+2. The van der Waals surface area contributed by atoms with Crippen LogP contribution in [0.2, 0.25) is 0 Å². The van der Waals surface area contributed by atoms with Crippen LogP contribution in [-0.2, 0) is 22.8 Å². The monoisotopic (exact) mass is 499 g/mol. The van der Waals surface area contributed by atoms with Crippen molar-refractivity contribution in [2.75, 3.05) is 83.9 Å². The van der Waals surface area contributed by atoms with E-state index in [0.29, 0.717) is 0 Å². The van der Waals surface area contributed by atoms with Crippen LogP contribution >= 0.6 is 15.4 Å². The van der Waals surface area contributed by atoms with Gasteiger partial charge >= 0.3 is 0 Å². The minimum absolute atomic E-state index is 0.753. The highest BCUT2D eigenvalue weighted by Crippen LogP contribution is 2.62. The van der Waals surface area contributed by atoms with Crippen LogP contribution in [0.3, 0.4) is 0 Å². The van der Waals surface area contributed by atoms with Crippen molar-refractivity contribution in [2.45, 2.75) is 74.1 Å². The fourth-order valence-corrected chi connectivity index (χ4v) is 8.57. The molecule has 0 aromatic rings. The van der Waals surface area contributed by atoms with Gasteiger partial charge in [0.2, 0.25) is 0 Å². The molecule has 0 fully saturated rings. The largest absolute Gasteiger partial charge is 0.380 e. The van der Waals surface area contributed by atoms with Gasteiger partial charge in [0.1, 0.15) is 24.6 Å². The maximum absolute atomic E-state index is 6.37. The summed E-state index contributed by atoms with van der Waals surface area (Å²) in [5.74, 6) is 0. The minimum atomic E-state index is -1.85. The summed E-state index contributed by atoms with van der Waals surface area (Å²) in [4.78, 5) is 2.51. The van der Waals surface area contributed by atoms with E-state index in [1.165, 1.54) is 0 Å². The molecule has 0 N–H and O–H groups in total. The van der Waals surface area contributed by atoms with E-state index in [1.54, 1.807) is 0 Å². The third kappa shape index (κ3) is 14.1. The molecule has 0 aromatic carbocycles. The van der Waals surface area contributed by atoms with Gasteiger partial charge in [0, 0.05) is 26.2 Å². The van der Waals surface area contributed by atoms with E-state index in [1.807, 2.05) is 0 Å². The van der Waals surface area contributed by atoms with Crippen LogP contribution < -0.4 is 0 Å². The predicted molar refractivity (Wildman–Crippen MR) is 143 cm³/mol. The molecule has 194 valence electrons. The number of nitrogens with zero attached hydrogens (tertiary/aromatic N) is 1. The second-order valence-electron chi connectivity index (χ2n) is 8.08. The van der Waals surface area contributed by atoms with Crippen LogP contribution in [0.5, 0.6) is 0 Å². The Morgan fingerprint density at radius 2 is 0.875 bits per heavy atom. The number of rotatable bonds is 24. The lowest BCUT2D eigenvalue weighted by Crippen LogP contribution is -2.35. The van der Waals surface area contributed by atoms with Gasteiger partial charge in [-0.15, -0.1) is 0 Å². The maximum Gasteiger partial charge on any atom is 0.276 e. The van der Waals surface area contributed by atoms with Gasteiger partial charge < -0.3 is 4.74 Å². The third-order valence-corrected chi connectivity index (χ3v) is 11.7. The molecule has 6 nitrogen and oxygen atoms in total. The van der Waals surface area contributed by atoms with Gasteiger partial charge in [0.15, 0.2) is 0 Å². The molecule has 32 heavy (non-hydrogen) atoms. The lowest BCUT2D eigenvalue weighted by Gasteiger charge is -2.29. The fourth-order valence-electron chi connectivity index (χ4n) is 3.31. The van der Waals surface area contributed by atoms with Gasteiger partial charge in [-0.2, -0.15) is 0 Å². The van der Waals surface area contributed by atoms with Gasteiger partial charge in [-0.05, 0) is 46.5 Å². The lowest BCUT2D eigenvalue weighted by atomic mass is 10.5. The molecule has 0 saturated heterocycles. The summed E-state index contributed by atoms with van der Waals surface area (Å²) in [5, 5.41) is 0. The first-order chi connectivity index (χ1) is 15.5. The van der Waals surface area contributed by atoms with Crippen molar-refractivity contribution in [2.24, 2.45) is 0 Å². The molecular weight excluding hydrogens is 444 g/mol. The van der Waals surface area contributed by atoms with Crippen molar-refractivity contribution < 1.29 is 22.8 Å². The minimum Gasteiger partial charge on any atom is -0.380 e. The van der Waals surface area contributed by atoms with E-state index in [-0.39, 0.29) is 0 Å². The molecule has 0 amide bonds. The summed E-state index contributed by atoms with van der Waals surface area (Å²) < 4.78 is 31.2. The summed E-state index contributed by atoms with van der Waals surface area (Å²) in [5.41, 5.74) is 0. The topological polar surface area (TPSA) is 49.4 Å². The summed E-state index contributed by atoms with van der Waals surface area (Å²) in [6.45, 7) is 22.6. The van der Waals surface area contributed by atoms with E-state index >= 15 is 0 Å². The number of hydrogen-bond donors (Lipinski definition) is 0. The zero-order valence-electron chi connectivity index (χ0n) is 22.4. The second-order valence-corrected chi connectivity index (χ2v) is 14.5. The predicted octanol–water partition coefficient (Wildman–Crippen LogP) is 6.77. The Bertz CT molecular complexity index is 370. The molecule has 0 bridgehead atoms. The van der Waals surface area contributed by atoms with E-state index in [2.05, 4.69) is 53.4 Å². The highest BCUT2D eigenvalue weighted by atomic mass is 31.2. The van der Waals surface area contributed by atoms with Gasteiger partial charge in [-0.25, -0.2) is 18.1 Å². The first-order valence-electron chi connectivity index (χ1n) is 13.1. The lowest BCUT2D eigenvalue weighted by molar-refractivity contribution is 0.116. The molecule has 0 aromatic heterocycles. The molecule has 0 rings (SSSR count). The summed E-state index contributed by atoms with van der Waals surface area (Å²) in [7, 11) is -3.69. The molecule has 8 heteroatoms. The van der Waals surface area contributed by atoms with Crippen LogP contribution in [0.15, 0.2) is 0 Å². The van der Waals surface area contributed by atoms with Crippen molar-refractivity contribution in [3.8, 4) is 0 Å². The summed E-state index contributed by atoms with van der Waals surface area (Å²) in [6, 6.07) is 0. The molecule has 0 aliphatic rings. The molecule has 0 radical (unpaired) electrons. The first-order valence-corrected chi connectivity index (χ1v) is 17.1. The molecule has 0 aliphatic carbocycles. The average molecular weight is 500 g/mol. The van der Waals surface area contributed by atoms with E-state index in [0.717, 1.165) is 110 Å². The third-order valence-electron chi connectivity index (χ3n) is 5.36. The Labute approximate surface area is 201 Å². The first kappa shape index (κ1) is 32.6. The molecule has 0 aliphatic heterocycles. The number of hydrogen-bond acceptors (Lipinski definition) is 6. The van der Waals surface area contributed by atoms with Crippen molar-refractivity contribution in [3.63, 3.8) is 0 Å². The Morgan fingerprint density at radius 3 is 1.16 bits per heavy atom. The SMILES string of the molecule is CCCO[P+](CC)(CCN(CCOCC)CC[P+](CC)(OCCC)OCCC)OCCC. The highest BCUT2D eigenvalue weighted by Gasteiger charge is 2.42. The summed E-state index contributed by atoms with van der Waals surface area (Å²) in [6.07, 6.45) is 7.99. The van der Waals surface area contributed by atoms with Crippen LogP contribution in [0.4, 0.5) is 0 Å². The quantitative estimate of drug-likeness (QED) is 0.108. The smallest absolute Gasteiger partial charge is 0.276 e. The molecule has 0 saturated carbocycles. The Balaban J connectivity index is 5.24. The van der Waals surface area contributed by atoms with Gasteiger partial charge in [-0.1, -0.05) is 27.7 Å². The van der Waals surface area contributed by atoms with Crippen molar-refractivity contribution >= 4 is 15.4 Å². The Morgan fingerprint density at radius 1 is 0.500 bits per heavy atom. The average Bonchev–Trinajstić information content (AvgIpc) is 2.83. The Kier molecular flexibility index (Phi) is 21.4. The molecule has 0 spiro atoms. The van der Waals surface area contributed by atoms with Crippen LogP contribution in [0.1, 0.15) is 74.1 Å². The van der Waals surface area contributed by atoms with Crippen LogP contribution in [-0.4, -0.2) is 88.8 Å². The summed E-state index contributed by atoms with van der Waals surface area (Å²) >= 11 is 0. The Hall–Kier alpha value is 0.620. The van der Waals surface area contributed by atoms with E-state index in [9.17, 15) is 0 Å². The van der Waals surface area contributed by atoms with Crippen molar-refractivity contribution in [1.82, 2.24) is 4.90 Å².